The molecule has 0 radical (unpaired) electrons. The molecule has 0 aromatic heterocycles. The van der Waals surface area contributed by atoms with Crippen LogP contribution in [0.25, 0.3) is 0 Å². The van der Waals surface area contributed by atoms with Crippen molar-refractivity contribution in [3.8, 4) is 0 Å². The predicted octanol–water partition coefficient (Wildman–Crippen LogP) is 4.74. The molecule has 0 aliphatic heterocycles. The molecule has 0 heterocycles. The zero-order valence-electron chi connectivity index (χ0n) is 13.5. The monoisotopic (exact) mass is 273 g/mol. The summed E-state index contributed by atoms with van der Waals surface area (Å²) in [5.74, 6) is 0. The molecule has 1 aliphatic carbocycles. The summed E-state index contributed by atoms with van der Waals surface area (Å²) in [6.07, 6.45) is 9.16. The second-order valence-electron chi connectivity index (χ2n) is 7.21. The van der Waals surface area contributed by atoms with Crippen molar-refractivity contribution < 1.29 is 0 Å². The van der Waals surface area contributed by atoms with Crippen LogP contribution in [0.5, 0.6) is 0 Å². The Balaban J connectivity index is 1.78. The van der Waals surface area contributed by atoms with Gasteiger partial charge in [-0.15, -0.1) is 0 Å². The van der Waals surface area contributed by atoms with Gasteiger partial charge in [0.1, 0.15) is 0 Å². The van der Waals surface area contributed by atoms with Crippen LogP contribution in [0.4, 0.5) is 0 Å². The predicted molar refractivity (Wildman–Crippen MR) is 88.2 cm³/mol. The van der Waals surface area contributed by atoms with E-state index in [1.807, 2.05) is 0 Å². The van der Waals surface area contributed by atoms with Crippen molar-refractivity contribution >= 4 is 0 Å². The molecule has 1 heteroatoms. The molecule has 1 nitrogen and oxygen atoms in total. The molecule has 20 heavy (non-hydrogen) atoms. The van der Waals surface area contributed by atoms with Crippen molar-refractivity contribution in [2.75, 3.05) is 6.54 Å². The highest BCUT2D eigenvalue weighted by atomic mass is 14.9. The number of aryl methyl sites for hydroxylation is 1. The Kier molecular flexibility index (Phi) is 5.65. The molecule has 0 fully saturated rings. The lowest BCUT2D eigenvalue weighted by atomic mass is 9.84. The van der Waals surface area contributed by atoms with Gasteiger partial charge in [-0.2, -0.15) is 0 Å². The van der Waals surface area contributed by atoms with Crippen molar-refractivity contribution in [3.63, 3.8) is 0 Å². The molecule has 1 N–H and O–H groups in total. The summed E-state index contributed by atoms with van der Waals surface area (Å²) in [5.41, 5.74) is 3.55. The summed E-state index contributed by atoms with van der Waals surface area (Å²) in [6.45, 7) is 8.26. The Bertz CT molecular complexity index is 408. The standard InChI is InChI=1S/C19H31N/c1-4-5-8-13-19(2,3)15-20-18-12-11-16-9-6-7-10-17(16)14-18/h6-7,9-10,18,20H,4-5,8,11-15H2,1-3H3. The number of unbranched alkanes of at least 4 members (excludes halogenated alkanes) is 2. The molecule has 1 unspecified atom stereocenters. The normalized spacial score (nSPS) is 18.9. The minimum absolute atomic E-state index is 0.437. The van der Waals surface area contributed by atoms with Crippen molar-refractivity contribution in [1.82, 2.24) is 5.32 Å². The molecular weight excluding hydrogens is 242 g/mol. The molecule has 0 saturated carbocycles. The van der Waals surface area contributed by atoms with Crippen LogP contribution in [0.3, 0.4) is 0 Å². The maximum atomic E-state index is 3.83. The smallest absolute Gasteiger partial charge is 0.0111 e. The fourth-order valence-electron chi connectivity index (χ4n) is 3.23. The highest BCUT2D eigenvalue weighted by Gasteiger charge is 2.22. The molecule has 112 valence electrons. The summed E-state index contributed by atoms with van der Waals surface area (Å²) in [7, 11) is 0. The lowest BCUT2D eigenvalue weighted by Gasteiger charge is -2.31. The van der Waals surface area contributed by atoms with Gasteiger partial charge in [0, 0.05) is 12.6 Å². The average molecular weight is 273 g/mol. The molecule has 0 amide bonds. The molecule has 2 rings (SSSR count). The number of nitrogens with one attached hydrogen (secondary N) is 1. The van der Waals surface area contributed by atoms with Gasteiger partial charge in [-0.3, -0.25) is 0 Å². The van der Waals surface area contributed by atoms with Gasteiger partial charge in [0.15, 0.2) is 0 Å². The van der Waals surface area contributed by atoms with Gasteiger partial charge < -0.3 is 5.32 Å². The molecule has 0 spiro atoms. The lowest BCUT2D eigenvalue weighted by molar-refractivity contribution is 0.280. The third kappa shape index (κ3) is 4.63. The molecular formula is C19H31N. The quantitative estimate of drug-likeness (QED) is 0.708. The van der Waals surface area contributed by atoms with Gasteiger partial charge in [0.05, 0.1) is 0 Å². The minimum Gasteiger partial charge on any atom is -0.313 e. The minimum atomic E-state index is 0.437. The number of hydrogen-bond acceptors (Lipinski definition) is 1. The van der Waals surface area contributed by atoms with Gasteiger partial charge >= 0.3 is 0 Å². The fraction of sp³-hybridized carbons (Fsp3) is 0.684. The number of fused-ring (bicyclic) bond motifs is 1. The van der Waals surface area contributed by atoms with Crippen molar-refractivity contribution in [2.45, 2.75) is 71.8 Å². The highest BCUT2D eigenvalue weighted by molar-refractivity contribution is 5.30. The van der Waals surface area contributed by atoms with Crippen molar-refractivity contribution in [1.29, 1.82) is 0 Å². The maximum absolute atomic E-state index is 3.83. The summed E-state index contributed by atoms with van der Waals surface area (Å²) < 4.78 is 0. The third-order valence-electron chi connectivity index (χ3n) is 4.67. The first-order valence-electron chi connectivity index (χ1n) is 8.41. The van der Waals surface area contributed by atoms with Crippen LogP contribution in [-0.2, 0) is 12.8 Å². The summed E-state index contributed by atoms with van der Waals surface area (Å²) >= 11 is 0. The van der Waals surface area contributed by atoms with Crippen LogP contribution in [0.1, 0.15) is 64.0 Å². The number of benzene rings is 1. The molecule has 1 atom stereocenters. The zero-order valence-corrected chi connectivity index (χ0v) is 13.5. The van der Waals surface area contributed by atoms with Crippen LogP contribution in [-0.4, -0.2) is 12.6 Å². The van der Waals surface area contributed by atoms with E-state index in [-0.39, 0.29) is 0 Å². The van der Waals surface area contributed by atoms with Crippen molar-refractivity contribution in [3.05, 3.63) is 35.4 Å². The van der Waals surface area contributed by atoms with Crippen LogP contribution in [0.15, 0.2) is 24.3 Å². The maximum Gasteiger partial charge on any atom is 0.0111 e. The Morgan fingerprint density at radius 3 is 2.65 bits per heavy atom. The molecule has 0 saturated heterocycles. The van der Waals surface area contributed by atoms with Crippen LogP contribution in [0, 0.1) is 5.41 Å². The van der Waals surface area contributed by atoms with Gasteiger partial charge in [0.25, 0.3) is 0 Å². The average Bonchev–Trinajstić information content (AvgIpc) is 2.45. The van der Waals surface area contributed by atoms with E-state index in [9.17, 15) is 0 Å². The Hall–Kier alpha value is -0.820. The lowest BCUT2D eigenvalue weighted by Crippen LogP contribution is -2.40. The van der Waals surface area contributed by atoms with Crippen molar-refractivity contribution in [2.24, 2.45) is 5.41 Å². The van der Waals surface area contributed by atoms with E-state index < -0.39 is 0 Å². The second-order valence-corrected chi connectivity index (χ2v) is 7.21. The van der Waals surface area contributed by atoms with E-state index in [1.165, 1.54) is 44.9 Å². The summed E-state index contributed by atoms with van der Waals surface area (Å²) in [6, 6.07) is 9.62. The number of rotatable bonds is 7. The first-order chi connectivity index (χ1) is 9.61. The van der Waals surface area contributed by atoms with Gasteiger partial charge in [-0.1, -0.05) is 64.3 Å². The highest BCUT2D eigenvalue weighted by Crippen LogP contribution is 2.25. The van der Waals surface area contributed by atoms with Crippen LogP contribution in [0.2, 0.25) is 0 Å². The third-order valence-corrected chi connectivity index (χ3v) is 4.67. The van der Waals surface area contributed by atoms with E-state index in [0.29, 0.717) is 11.5 Å². The number of hydrogen-bond donors (Lipinski definition) is 1. The van der Waals surface area contributed by atoms with Gasteiger partial charge in [0.2, 0.25) is 0 Å². The van der Waals surface area contributed by atoms with Gasteiger partial charge in [-0.05, 0) is 42.2 Å². The first kappa shape index (κ1) is 15.6. The Morgan fingerprint density at radius 1 is 1.15 bits per heavy atom. The van der Waals surface area contributed by atoms with E-state index in [2.05, 4.69) is 50.4 Å². The second kappa shape index (κ2) is 7.26. The molecule has 0 bridgehead atoms. The Labute approximate surface area is 125 Å². The largest absolute Gasteiger partial charge is 0.313 e. The van der Waals surface area contributed by atoms with E-state index in [1.54, 1.807) is 11.1 Å². The fourth-order valence-corrected chi connectivity index (χ4v) is 3.23. The van der Waals surface area contributed by atoms with Crippen LogP contribution < -0.4 is 5.32 Å². The topological polar surface area (TPSA) is 12.0 Å². The van der Waals surface area contributed by atoms with E-state index >= 15 is 0 Å². The zero-order chi connectivity index (χ0) is 14.4. The molecule has 1 aromatic rings. The molecule has 1 aliphatic rings. The van der Waals surface area contributed by atoms with E-state index in [0.717, 1.165) is 6.54 Å². The summed E-state index contributed by atoms with van der Waals surface area (Å²) in [5, 5.41) is 3.83. The van der Waals surface area contributed by atoms with Gasteiger partial charge in [-0.25, -0.2) is 0 Å². The SMILES string of the molecule is CCCCCC(C)(C)CNC1CCc2ccccc2C1. The van der Waals surface area contributed by atoms with E-state index in [4.69, 9.17) is 0 Å². The summed E-state index contributed by atoms with van der Waals surface area (Å²) in [4.78, 5) is 0. The first-order valence-corrected chi connectivity index (χ1v) is 8.41. The van der Waals surface area contributed by atoms with Crippen LogP contribution >= 0.6 is 0 Å². The molecule has 1 aromatic carbocycles. The Morgan fingerprint density at radius 2 is 1.90 bits per heavy atom.